The predicted octanol–water partition coefficient (Wildman–Crippen LogP) is 1.99. The Morgan fingerprint density at radius 2 is 2.07 bits per heavy atom. The summed E-state index contributed by atoms with van der Waals surface area (Å²) in [6, 6.07) is 6.81. The number of fused-ring (bicyclic) bond motifs is 1. The molecule has 1 aliphatic heterocycles. The molecule has 2 rings (SSSR count). The summed E-state index contributed by atoms with van der Waals surface area (Å²) in [5, 5.41) is 10.6. The van der Waals surface area contributed by atoms with Crippen molar-refractivity contribution in [3.63, 3.8) is 0 Å². The van der Waals surface area contributed by atoms with Crippen LogP contribution in [0.25, 0.3) is 0 Å². The summed E-state index contributed by atoms with van der Waals surface area (Å²) in [7, 11) is 0. The van der Waals surface area contributed by atoms with Crippen LogP contribution in [0.3, 0.4) is 0 Å². The topological polar surface area (TPSA) is 72.6 Å². The third kappa shape index (κ3) is 1.65. The van der Waals surface area contributed by atoms with Crippen LogP contribution in [0, 0.1) is 10.1 Å². The van der Waals surface area contributed by atoms with Crippen LogP contribution < -0.4 is 0 Å². The molecule has 1 aromatic rings. The van der Waals surface area contributed by atoms with E-state index >= 15 is 0 Å². The number of carbonyl (C=O) groups excluding carboxylic acids is 1. The van der Waals surface area contributed by atoms with Gasteiger partial charge in [-0.2, -0.15) is 0 Å². The molecule has 5 nitrogen and oxygen atoms in total. The molecular formula is C9H5IN2O3. The van der Waals surface area contributed by atoms with Crippen LogP contribution in [0.5, 0.6) is 0 Å². The summed E-state index contributed by atoms with van der Waals surface area (Å²) in [4.78, 5) is 25.0. The Morgan fingerprint density at radius 1 is 1.40 bits per heavy atom. The molecule has 0 bridgehead atoms. The Bertz CT molecular complexity index is 484. The summed E-state index contributed by atoms with van der Waals surface area (Å²) >= 11 is 1.91. The van der Waals surface area contributed by atoms with Gasteiger partial charge in [-0.25, -0.2) is 4.79 Å². The zero-order chi connectivity index (χ0) is 11.0. The van der Waals surface area contributed by atoms with Crippen LogP contribution in [0.1, 0.15) is 19.8 Å². The molecule has 0 aromatic heterocycles. The molecule has 0 aliphatic carbocycles. The van der Waals surface area contributed by atoms with E-state index in [1.165, 1.54) is 0 Å². The van der Waals surface area contributed by atoms with Gasteiger partial charge >= 0.3 is 11.7 Å². The van der Waals surface area contributed by atoms with Gasteiger partial charge in [0.1, 0.15) is 3.92 Å². The van der Waals surface area contributed by atoms with E-state index in [1.807, 2.05) is 22.6 Å². The van der Waals surface area contributed by atoms with Crippen molar-refractivity contribution in [2.75, 3.05) is 0 Å². The highest BCUT2D eigenvalue weighted by atomic mass is 127. The smallest absolute Gasteiger partial charge is 0.358 e. The Kier molecular flexibility index (Phi) is 2.51. The van der Waals surface area contributed by atoms with Crippen molar-refractivity contribution in [3.05, 3.63) is 45.5 Å². The molecule has 0 radical (unpaired) electrons. The molecule has 1 atom stereocenters. The number of carbonyl (C=O) groups is 1. The molecule has 15 heavy (non-hydrogen) atoms. The second kappa shape index (κ2) is 3.69. The van der Waals surface area contributed by atoms with E-state index in [9.17, 15) is 14.9 Å². The minimum atomic E-state index is -0.606. The second-order valence-corrected chi connectivity index (χ2v) is 4.23. The van der Waals surface area contributed by atoms with Gasteiger partial charge in [-0.3, -0.25) is 0 Å². The molecule has 1 heterocycles. The minimum absolute atomic E-state index is 0.292. The lowest BCUT2D eigenvalue weighted by Gasteiger charge is -2.13. The Morgan fingerprint density at radius 3 is 2.73 bits per heavy atom. The zero-order valence-electron chi connectivity index (χ0n) is 7.38. The number of halogens is 1. The standard InChI is InChI=1S/C9H5IN2O3/c10-7-5-3-1-2-4-6(5)9(13)11-8(7)12(14)15/h1-4,7H. The summed E-state index contributed by atoms with van der Waals surface area (Å²) < 4.78 is -0.466. The Hall–Kier alpha value is -1.31. The fourth-order valence-corrected chi connectivity index (χ4v) is 2.32. The number of amidine groups is 1. The summed E-state index contributed by atoms with van der Waals surface area (Å²) in [6.07, 6.45) is 0. The molecule has 0 fully saturated rings. The lowest BCUT2D eigenvalue weighted by atomic mass is 10.0. The average Bonchev–Trinajstić information content (AvgIpc) is 2.23. The van der Waals surface area contributed by atoms with E-state index in [0.29, 0.717) is 11.1 Å². The SMILES string of the molecule is O=C1N=C([N+](=O)[O-])C(I)c2ccccc21. The number of hydrogen-bond donors (Lipinski definition) is 0. The number of amides is 1. The fraction of sp³-hybridized carbons (Fsp3) is 0.111. The van der Waals surface area contributed by atoms with Gasteiger partial charge in [-0.15, -0.1) is 0 Å². The predicted molar refractivity (Wildman–Crippen MR) is 62.0 cm³/mol. The lowest BCUT2D eigenvalue weighted by molar-refractivity contribution is -0.352. The average molecular weight is 316 g/mol. The van der Waals surface area contributed by atoms with Gasteiger partial charge < -0.3 is 10.1 Å². The maximum Gasteiger partial charge on any atom is 0.383 e. The molecule has 1 amide bonds. The van der Waals surface area contributed by atoms with Gasteiger partial charge in [0, 0.05) is 4.99 Å². The van der Waals surface area contributed by atoms with Crippen molar-refractivity contribution in [1.29, 1.82) is 0 Å². The molecule has 0 N–H and O–H groups in total. The van der Waals surface area contributed by atoms with E-state index in [-0.39, 0.29) is 5.84 Å². The number of nitrogens with zero attached hydrogens (tertiary/aromatic N) is 2. The molecule has 1 unspecified atom stereocenters. The third-order valence-corrected chi connectivity index (χ3v) is 3.32. The lowest BCUT2D eigenvalue weighted by Crippen LogP contribution is -2.24. The van der Waals surface area contributed by atoms with E-state index in [0.717, 1.165) is 0 Å². The van der Waals surface area contributed by atoms with Crippen molar-refractivity contribution in [3.8, 4) is 0 Å². The first kappa shape index (κ1) is 10.2. The maximum absolute atomic E-state index is 11.5. The number of hydrogen-bond acceptors (Lipinski definition) is 3. The van der Waals surface area contributed by atoms with Gasteiger partial charge in [0.25, 0.3) is 0 Å². The largest absolute Gasteiger partial charge is 0.383 e. The molecular weight excluding hydrogens is 311 g/mol. The maximum atomic E-state index is 11.5. The molecule has 0 spiro atoms. The van der Waals surface area contributed by atoms with Crippen LogP contribution >= 0.6 is 22.6 Å². The zero-order valence-corrected chi connectivity index (χ0v) is 9.54. The summed E-state index contributed by atoms with van der Waals surface area (Å²) in [5.41, 5.74) is 1.10. The van der Waals surface area contributed by atoms with Crippen LogP contribution in [-0.2, 0) is 0 Å². The van der Waals surface area contributed by atoms with Crippen LogP contribution in [0.2, 0.25) is 0 Å². The number of nitro groups is 1. The van der Waals surface area contributed by atoms with Crippen molar-refractivity contribution < 1.29 is 9.72 Å². The normalized spacial score (nSPS) is 19.4. The highest BCUT2D eigenvalue weighted by Gasteiger charge is 2.36. The van der Waals surface area contributed by atoms with E-state index in [1.54, 1.807) is 24.3 Å². The quantitative estimate of drug-likeness (QED) is 0.318. The molecule has 1 aromatic carbocycles. The van der Waals surface area contributed by atoms with Crippen molar-refractivity contribution >= 4 is 34.3 Å². The highest BCUT2D eigenvalue weighted by Crippen LogP contribution is 2.32. The first-order chi connectivity index (χ1) is 7.11. The van der Waals surface area contributed by atoms with Crippen LogP contribution in [0.4, 0.5) is 0 Å². The fourth-order valence-electron chi connectivity index (χ4n) is 1.41. The molecule has 0 saturated heterocycles. The van der Waals surface area contributed by atoms with Gasteiger partial charge in [0.15, 0.2) is 0 Å². The van der Waals surface area contributed by atoms with Crippen LogP contribution in [0.15, 0.2) is 29.3 Å². The number of aliphatic imine (C=N–C) groups is 1. The second-order valence-electron chi connectivity index (χ2n) is 2.98. The van der Waals surface area contributed by atoms with Crippen molar-refractivity contribution in [2.24, 2.45) is 4.99 Å². The van der Waals surface area contributed by atoms with E-state index in [4.69, 9.17) is 0 Å². The first-order valence-corrected chi connectivity index (χ1v) is 5.36. The molecule has 6 heteroatoms. The summed E-state index contributed by atoms with van der Waals surface area (Å²) in [5.74, 6) is -0.829. The monoisotopic (exact) mass is 316 g/mol. The molecule has 0 saturated carbocycles. The Labute approximate surface area is 98.5 Å². The van der Waals surface area contributed by atoms with Gasteiger partial charge in [0.05, 0.1) is 5.56 Å². The first-order valence-electron chi connectivity index (χ1n) is 4.11. The van der Waals surface area contributed by atoms with Crippen LogP contribution in [-0.4, -0.2) is 16.7 Å². The minimum Gasteiger partial charge on any atom is -0.358 e. The third-order valence-electron chi connectivity index (χ3n) is 2.09. The van der Waals surface area contributed by atoms with Gasteiger partial charge in [0.2, 0.25) is 0 Å². The summed E-state index contributed by atoms with van der Waals surface area (Å²) in [6.45, 7) is 0. The molecule has 76 valence electrons. The highest BCUT2D eigenvalue weighted by molar-refractivity contribution is 14.1. The van der Waals surface area contributed by atoms with Crippen molar-refractivity contribution in [2.45, 2.75) is 3.92 Å². The van der Waals surface area contributed by atoms with E-state index in [2.05, 4.69) is 4.99 Å². The number of alkyl halides is 1. The van der Waals surface area contributed by atoms with Gasteiger partial charge in [-0.1, -0.05) is 40.8 Å². The number of benzene rings is 1. The van der Waals surface area contributed by atoms with E-state index < -0.39 is 14.8 Å². The number of rotatable bonds is 0. The van der Waals surface area contributed by atoms with Crippen molar-refractivity contribution in [1.82, 2.24) is 0 Å². The van der Waals surface area contributed by atoms with Gasteiger partial charge in [-0.05, 0) is 16.6 Å². The Balaban J connectivity index is 2.58. The molecule has 1 aliphatic rings.